The number of likely N-dealkylation sites (N-methyl/N-ethyl adjacent to an activating group) is 1. The number of nitro groups is 1. The van der Waals surface area contributed by atoms with Crippen molar-refractivity contribution in [3.8, 4) is 0 Å². The van der Waals surface area contributed by atoms with E-state index in [1.807, 2.05) is 0 Å². The number of amides is 1. The Balaban J connectivity index is 1.93. The summed E-state index contributed by atoms with van der Waals surface area (Å²) in [4.78, 5) is 24.2. The van der Waals surface area contributed by atoms with Crippen molar-refractivity contribution < 1.29 is 14.8 Å². The molecule has 1 aliphatic carbocycles. The van der Waals surface area contributed by atoms with E-state index < -0.39 is 4.92 Å². The number of aliphatic hydroxyl groups is 1. The van der Waals surface area contributed by atoms with Crippen LogP contribution in [-0.4, -0.2) is 41.7 Å². The summed E-state index contributed by atoms with van der Waals surface area (Å²) >= 11 is 0. The molecule has 0 radical (unpaired) electrons. The number of nitrogens with one attached hydrogen (secondary N) is 1. The number of aliphatic hydroxyl groups excluding tert-OH is 1. The molecule has 0 saturated heterocycles. The van der Waals surface area contributed by atoms with Gasteiger partial charge in [-0.2, -0.15) is 0 Å². The maximum absolute atomic E-state index is 12.1. The van der Waals surface area contributed by atoms with Gasteiger partial charge in [0.25, 0.3) is 5.69 Å². The van der Waals surface area contributed by atoms with E-state index in [1.54, 1.807) is 30.1 Å². The number of benzene rings is 1. The van der Waals surface area contributed by atoms with Crippen LogP contribution >= 0.6 is 0 Å². The normalized spacial score (nSPS) is 21.2. The molecular formula is C15H21N3O4. The van der Waals surface area contributed by atoms with Crippen LogP contribution in [0.4, 0.5) is 11.4 Å². The van der Waals surface area contributed by atoms with Crippen LogP contribution in [0.2, 0.25) is 0 Å². The molecule has 1 fully saturated rings. The van der Waals surface area contributed by atoms with Crippen molar-refractivity contribution in [2.75, 3.05) is 18.5 Å². The molecule has 120 valence electrons. The molecule has 0 spiro atoms. The molecule has 1 saturated carbocycles. The van der Waals surface area contributed by atoms with E-state index in [0.29, 0.717) is 18.5 Å². The first-order chi connectivity index (χ1) is 10.5. The van der Waals surface area contributed by atoms with Gasteiger partial charge in [-0.3, -0.25) is 14.9 Å². The first-order valence-electron chi connectivity index (χ1n) is 7.39. The van der Waals surface area contributed by atoms with E-state index in [1.165, 1.54) is 6.07 Å². The van der Waals surface area contributed by atoms with Crippen LogP contribution in [0.25, 0.3) is 0 Å². The summed E-state index contributed by atoms with van der Waals surface area (Å²) < 4.78 is 0. The Kier molecular flexibility index (Phi) is 5.32. The average Bonchev–Trinajstić information content (AvgIpc) is 2.49. The maximum Gasteiger partial charge on any atom is 0.292 e. The predicted molar refractivity (Wildman–Crippen MR) is 82.8 cm³/mol. The summed E-state index contributed by atoms with van der Waals surface area (Å²) in [6.45, 7) is 0.0594. The zero-order chi connectivity index (χ0) is 16.1. The van der Waals surface area contributed by atoms with Gasteiger partial charge in [-0.1, -0.05) is 12.1 Å². The summed E-state index contributed by atoms with van der Waals surface area (Å²) in [6, 6.07) is 6.44. The fraction of sp³-hybridized carbons (Fsp3) is 0.533. The highest BCUT2D eigenvalue weighted by atomic mass is 16.6. The van der Waals surface area contributed by atoms with E-state index in [9.17, 15) is 20.0 Å². The maximum atomic E-state index is 12.1. The minimum atomic E-state index is -0.452. The first kappa shape index (κ1) is 16.2. The molecule has 7 heteroatoms. The minimum absolute atomic E-state index is 0.0152. The van der Waals surface area contributed by atoms with Gasteiger partial charge >= 0.3 is 0 Å². The lowest BCUT2D eigenvalue weighted by Crippen LogP contribution is -2.43. The molecule has 1 aromatic carbocycles. The quantitative estimate of drug-likeness (QED) is 0.634. The number of hydrogen-bond acceptors (Lipinski definition) is 5. The van der Waals surface area contributed by atoms with Crippen LogP contribution < -0.4 is 10.2 Å². The second-order valence-electron chi connectivity index (χ2n) is 5.67. The molecule has 1 amide bonds. The number of carbonyl (C=O) groups excluding carboxylic acids is 1. The highest BCUT2D eigenvalue weighted by Gasteiger charge is 2.22. The lowest BCUT2D eigenvalue weighted by atomic mass is 9.93. The van der Waals surface area contributed by atoms with Crippen LogP contribution in [0, 0.1) is 10.1 Å². The standard InChI is InChI=1S/C15H21N3O4/c1-17(13-4-2-3-5-14(13)18(21)22)10-15(20)16-11-6-8-12(19)9-7-11/h2-5,11-12,19H,6-10H2,1H3,(H,16,20). The highest BCUT2D eigenvalue weighted by molar-refractivity contribution is 5.82. The number of para-hydroxylation sites is 2. The average molecular weight is 307 g/mol. The van der Waals surface area contributed by atoms with Crippen molar-refractivity contribution in [2.24, 2.45) is 0 Å². The number of nitrogens with zero attached hydrogens (tertiary/aromatic N) is 2. The van der Waals surface area contributed by atoms with E-state index >= 15 is 0 Å². The lowest BCUT2D eigenvalue weighted by Gasteiger charge is -2.27. The summed E-state index contributed by atoms with van der Waals surface area (Å²) in [5, 5.41) is 23.4. The van der Waals surface area contributed by atoms with Gasteiger partial charge in [-0.05, 0) is 31.7 Å². The molecule has 7 nitrogen and oxygen atoms in total. The van der Waals surface area contributed by atoms with Crippen molar-refractivity contribution >= 4 is 17.3 Å². The molecule has 2 N–H and O–H groups in total. The third kappa shape index (κ3) is 4.17. The zero-order valence-corrected chi connectivity index (χ0v) is 12.6. The molecule has 0 heterocycles. The van der Waals surface area contributed by atoms with Gasteiger partial charge in [-0.15, -0.1) is 0 Å². The third-order valence-corrected chi connectivity index (χ3v) is 3.93. The van der Waals surface area contributed by atoms with Gasteiger partial charge in [0, 0.05) is 19.2 Å². The third-order valence-electron chi connectivity index (χ3n) is 3.93. The molecular weight excluding hydrogens is 286 g/mol. The smallest absolute Gasteiger partial charge is 0.292 e. The van der Waals surface area contributed by atoms with E-state index in [0.717, 1.165) is 12.8 Å². The molecule has 0 aliphatic heterocycles. The van der Waals surface area contributed by atoms with E-state index in [4.69, 9.17) is 0 Å². The Morgan fingerprint density at radius 1 is 1.36 bits per heavy atom. The number of hydrogen-bond donors (Lipinski definition) is 2. The zero-order valence-electron chi connectivity index (χ0n) is 12.6. The van der Waals surface area contributed by atoms with Crippen LogP contribution in [0.3, 0.4) is 0 Å². The number of rotatable bonds is 5. The van der Waals surface area contributed by atoms with Gasteiger partial charge in [-0.25, -0.2) is 0 Å². The summed E-state index contributed by atoms with van der Waals surface area (Å²) in [5.41, 5.74) is 0.403. The fourth-order valence-corrected chi connectivity index (χ4v) is 2.74. The van der Waals surface area contributed by atoms with Gasteiger partial charge in [0.15, 0.2) is 0 Å². The second kappa shape index (κ2) is 7.22. The fourth-order valence-electron chi connectivity index (χ4n) is 2.74. The molecule has 0 atom stereocenters. The Morgan fingerprint density at radius 2 is 2.00 bits per heavy atom. The monoisotopic (exact) mass is 307 g/mol. The van der Waals surface area contributed by atoms with Gasteiger partial charge in [0.1, 0.15) is 5.69 Å². The van der Waals surface area contributed by atoms with Crippen molar-refractivity contribution in [3.05, 3.63) is 34.4 Å². The van der Waals surface area contributed by atoms with Gasteiger partial charge in [0.05, 0.1) is 17.6 Å². The van der Waals surface area contributed by atoms with Gasteiger partial charge in [0.2, 0.25) is 5.91 Å². The molecule has 22 heavy (non-hydrogen) atoms. The van der Waals surface area contributed by atoms with Crippen molar-refractivity contribution in [1.29, 1.82) is 0 Å². The van der Waals surface area contributed by atoms with Crippen LogP contribution in [-0.2, 0) is 4.79 Å². The number of nitro benzene ring substituents is 1. The van der Waals surface area contributed by atoms with Crippen molar-refractivity contribution in [3.63, 3.8) is 0 Å². The summed E-state index contributed by atoms with van der Waals surface area (Å²) in [5.74, 6) is -0.165. The Morgan fingerprint density at radius 3 is 2.64 bits per heavy atom. The lowest BCUT2D eigenvalue weighted by molar-refractivity contribution is -0.384. The molecule has 0 aromatic heterocycles. The number of anilines is 1. The highest BCUT2D eigenvalue weighted by Crippen LogP contribution is 2.26. The van der Waals surface area contributed by atoms with Gasteiger partial charge < -0.3 is 15.3 Å². The van der Waals surface area contributed by atoms with Crippen molar-refractivity contribution in [1.82, 2.24) is 5.32 Å². The number of carbonyl (C=O) groups is 1. The summed E-state index contributed by atoms with van der Waals surface area (Å²) in [7, 11) is 1.66. The van der Waals surface area contributed by atoms with E-state index in [-0.39, 0.29) is 30.3 Å². The molecule has 0 bridgehead atoms. The van der Waals surface area contributed by atoms with Crippen LogP contribution in [0.15, 0.2) is 24.3 Å². The van der Waals surface area contributed by atoms with Crippen LogP contribution in [0.1, 0.15) is 25.7 Å². The Bertz CT molecular complexity index is 541. The predicted octanol–water partition coefficient (Wildman–Crippen LogP) is 1.45. The minimum Gasteiger partial charge on any atom is -0.393 e. The topological polar surface area (TPSA) is 95.7 Å². The molecule has 2 rings (SSSR count). The Labute approximate surface area is 129 Å². The molecule has 0 unspecified atom stereocenters. The summed E-state index contributed by atoms with van der Waals surface area (Å²) in [6.07, 6.45) is 2.67. The SMILES string of the molecule is CN(CC(=O)NC1CCC(O)CC1)c1ccccc1[N+](=O)[O-]. The van der Waals surface area contributed by atoms with Crippen molar-refractivity contribution in [2.45, 2.75) is 37.8 Å². The van der Waals surface area contributed by atoms with Crippen LogP contribution in [0.5, 0.6) is 0 Å². The first-order valence-corrected chi connectivity index (χ1v) is 7.39. The Hall–Kier alpha value is -2.15. The molecule has 1 aliphatic rings. The van der Waals surface area contributed by atoms with E-state index in [2.05, 4.69) is 5.32 Å². The second-order valence-corrected chi connectivity index (χ2v) is 5.67. The largest absolute Gasteiger partial charge is 0.393 e. The molecule has 1 aromatic rings.